The van der Waals surface area contributed by atoms with Crippen molar-refractivity contribution < 1.29 is 28.5 Å². The molecule has 0 unspecified atom stereocenters. The molecule has 170 valence electrons. The predicted molar refractivity (Wildman–Crippen MR) is 120 cm³/mol. The highest BCUT2D eigenvalue weighted by atomic mass is 16.5. The molecule has 10 heteroatoms. The maximum absolute atomic E-state index is 11.9. The van der Waals surface area contributed by atoms with E-state index in [0.29, 0.717) is 34.1 Å². The second kappa shape index (κ2) is 12.6. The average Bonchev–Trinajstić information content (AvgIpc) is 2.82. The number of carbonyl (C=O) groups excluding carboxylic acids is 2. The van der Waals surface area contributed by atoms with Crippen molar-refractivity contribution in [2.24, 2.45) is 10.2 Å². The summed E-state index contributed by atoms with van der Waals surface area (Å²) in [5.41, 5.74) is 6.17. The van der Waals surface area contributed by atoms with Crippen molar-refractivity contribution in [1.82, 2.24) is 10.9 Å². The summed E-state index contributed by atoms with van der Waals surface area (Å²) in [7, 11) is 6.15. The van der Waals surface area contributed by atoms with Crippen LogP contribution in [-0.4, -0.2) is 52.7 Å². The van der Waals surface area contributed by atoms with Gasteiger partial charge in [-0.2, -0.15) is 10.2 Å². The summed E-state index contributed by atoms with van der Waals surface area (Å²) in [6.07, 6.45) is 2.85. The van der Waals surface area contributed by atoms with E-state index in [0.717, 1.165) is 0 Å². The molecule has 0 atom stereocenters. The number of hydrogen-bond donors (Lipinski definition) is 2. The minimum Gasteiger partial charge on any atom is -0.493 e. The normalized spacial score (nSPS) is 10.8. The molecule has 0 aliphatic rings. The summed E-state index contributed by atoms with van der Waals surface area (Å²) in [4.78, 5) is 23.7. The first-order valence-electron chi connectivity index (χ1n) is 9.58. The predicted octanol–water partition coefficient (Wildman–Crippen LogP) is 2.10. The molecule has 2 amide bonds. The molecule has 0 aliphatic heterocycles. The van der Waals surface area contributed by atoms with Crippen molar-refractivity contribution in [3.05, 3.63) is 47.5 Å². The van der Waals surface area contributed by atoms with Gasteiger partial charge in [-0.05, 0) is 47.5 Å². The molecule has 0 spiro atoms. The number of nitrogens with one attached hydrogen (secondary N) is 2. The van der Waals surface area contributed by atoms with E-state index in [2.05, 4.69) is 21.1 Å². The van der Waals surface area contributed by atoms with Gasteiger partial charge in [0.1, 0.15) is 0 Å². The number of hydrogen-bond acceptors (Lipinski definition) is 8. The van der Waals surface area contributed by atoms with Crippen molar-refractivity contribution in [1.29, 1.82) is 0 Å². The number of rotatable bonds is 11. The third kappa shape index (κ3) is 7.31. The third-order valence-electron chi connectivity index (χ3n) is 4.20. The SMILES string of the molecule is COc1ccc(/C=N\NC(=O)CCC(=O)N/N=C/c2ccc(OC)c(OC)c2)cc1OC. The van der Waals surface area contributed by atoms with Crippen LogP contribution in [0.2, 0.25) is 0 Å². The highest BCUT2D eigenvalue weighted by molar-refractivity contribution is 5.87. The molecule has 32 heavy (non-hydrogen) atoms. The van der Waals surface area contributed by atoms with Crippen molar-refractivity contribution in [2.75, 3.05) is 28.4 Å². The van der Waals surface area contributed by atoms with E-state index in [1.807, 2.05) is 0 Å². The Kier molecular flexibility index (Phi) is 9.51. The zero-order valence-electron chi connectivity index (χ0n) is 18.4. The fraction of sp³-hybridized carbons (Fsp3) is 0.273. The smallest absolute Gasteiger partial charge is 0.240 e. The molecule has 0 radical (unpaired) electrons. The second-order valence-electron chi connectivity index (χ2n) is 6.32. The Morgan fingerprint density at radius 2 is 1.06 bits per heavy atom. The first kappa shape index (κ1) is 24.2. The Morgan fingerprint density at radius 1 is 0.688 bits per heavy atom. The number of hydrazone groups is 2. The maximum Gasteiger partial charge on any atom is 0.240 e. The summed E-state index contributed by atoms with van der Waals surface area (Å²) >= 11 is 0. The van der Waals surface area contributed by atoms with Crippen LogP contribution < -0.4 is 29.8 Å². The Labute approximate surface area is 186 Å². The Bertz CT molecular complexity index is 911. The van der Waals surface area contributed by atoms with Gasteiger partial charge < -0.3 is 18.9 Å². The highest BCUT2D eigenvalue weighted by Crippen LogP contribution is 2.27. The van der Waals surface area contributed by atoms with Gasteiger partial charge in [-0.3, -0.25) is 9.59 Å². The van der Waals surface area contributed by atoms with Gasteiger partial charge in [0.25, 0.3) is 0 Å². The minimum absolute atomic E-state index is 0.0407. The first-order valence-corrected chi connectivity index (χ1v) is 9.58. The second-order valence-corrected chi connectivity index (χ2v) is 6.32. The molecule has 2 rings (SSSR count). The van der Waals surface area contributed by atoms with Crippen molar-refractivity contribution in [3.63, 3.8) is 0 Å². The lowest BCUT2D eigenvalue weighted by atomic mass is 10.2. The lowest BCUT2D eigenvalue weighted by Gasteiger charge is -2.07. The summed E-state index contributed by atoms with van der Waals surface area (Å²) in [5, 5.41) is 7.76. The Balaban J connectivity index is 1.76. The summed E-state index contributed by atoms with van der Waals surface area (Å²) < 4.78 is 20.7. The molecule has 2 N–H and O–H groups in total. The molecule has 0 aliphatic carbocycles. The van der Waals surface area contributed by atoms with Crippen molar-refractivity contribution in [2.45, 2.75) is 12.8 Å². The van der Waals surface area contributed by atoms with Gasteiger partial charge >= 0.3 is 0 Å². The fourth-order valence-corrected chi connectivity index (χ4v) is 2.56. The monoisotopic (exact) mass is 442 g/mol. The van der Waals surface area contributed by atoms with Crippen LogP contribution in [0.3, 0.4) is 0 Å². The molecule has 0 fully saturated rings. The number of benzene rings is 2. The van der Waals surface area contributed by atoms with Gasteiger partial charge in [-0.15, -0.1) is 0 Å². The van der Waals surface area contributed by atoms with E-state index in [1.54, 1.807) is 50.6 Å². The van der Waals surface area contributed by atoms with Gasteiger partial charge in [-0.1, -0.05) is 0 Å². The zero-order valence-corrected chi connectivity index (χ0v) is 18.4. The molecule has 2 aromatic carbocycles. The largest absolute Gasteiger partial charge is 0.493 e. The van der Waals surface area contributed by atoms with Crippen molar-refractivity contribution >= 4 is 24.2 Å². The molecule has 0 saturated carbocycles. The van der Waals surface area contributed by atoms with Crippen LogP contribution in [0.25, 0.3) is 0 Å². The van der Waals surface area contributed by atoms with Gasteiger partial charge in [0.15, 0.2) is 23.0 Å². The maximum atomic E-state index is 11.9. The lowest BCUT2D eigenvalue weighted by molar-refractivity contribution is -0.126. The lowest BCUT2D eigenvalue weighted by Crippen LogP contribution is -2.22. The number of amides is 2. The van der Waals surface area contributed by atoms with Gasteiger partial charge in [0.2, 0.25) is 11.8 Å². The first-order chi connectivity index (χ1) is 15.5. The molecular formula is C22H26N4O6. The van der Waals surface area contributed by atoms with Gasteiger partial charge in [-0.25, -0.2) is 10.9 Å². The van der Waals surface area contributed by atoms with Crippen LogP contribution in [0.4, 0.5) is 0 Å². The average molecular weight is 442 g/mol. The van der Waals surface area contributed by atoms with Crippen LogP contribution in [0.15, 0.2) is 46.6 Å². The zero-order chi connectivity index (χ0) is 23.3. The van der Waals surface area contributed by atoms with Crippen LogP contribution in [0.1, 0.15) is 24.0 Å². The van der Waals surface area contributed by atoms with Crippen LogP contribution in [-0.2, 0) is 9.59 Å². The quantitative estimate of drug-likeness (QED) is 0.406. The molecule has 0 saturated heterocycles. The standard InChI is InChI=1S/C22H26N4O6/c1-29-17-7-5-15(11-19(17)31-3)13-23-25-21(27)9-10-22(28)26-24-14-16-6-8-18(30-2)20(12-16)32-4/h5-8,11-14H,9-10H2,1-4H3,(H,25,27)(H,26,28)/b23-13-,24-14+. The van der Waals surface area contributed by atoms with E-state index < -0.39 is 11.8 Å². The highest BCUT2D eigenvalue weighted by Gasteiger charge is 2.07. The van der Waals surface area contributed by atoms with E-state index in [-0.39, 0.29) is 12.8 Å². The van der Waals surface area contributed by atoms with Crippen LogP contribution in [0.5, 0.6) is 23.0 Å². The molecular weight excluding hydrogens is 416 g/mol. The van der Waals surface area contributed by atoms with Gasteiger partial charge in [0.05, 0.1) is 40.9 Å². The topological polar surface area (TPSA) is 120 Å². The molecule has 10 nitrogen and oxygen atoms in total. The summed E-state index contributed by atoms with van der Waals surface area (Å²) in [6, 6.07) is 10.4. The van der Waals surface area contributed by atoms with E-state index in [9.17, 15) is 9.59 Å². The molecule has 0 bridgehead atoms. The third-order valence-corrected chi connectivity index (χ3v) is 4.20. The minimum atomic E-state index is -0.402. The summed E-state index contributed by atoms with van der Waals surface area (Å²) in [5.74, 6) is 1.48. The number of nitrogens with zero attached hydrogens (tertiary/aromatic N) is 2. The fourth-order valence-electron chi connectivity index (χ4n) is 2.56. The number of carbonyl (C=O) groups is 2. The molecule has 0 heterocycles. The molecule has 2 aromatic rings. The molecule has 0 aromatic heterocycles. The van der Waals surface area contributed by atoms with Crippen LogP contribution >= 0.6 is 0 Å². The van der Waals surface area contributed by atoms with Gasteiger partial charge in [0, 0.05) is 12.8 Å². The Hall–Kier alpha value is -4.08. The summed E-state index contributed by atoms with van der Waals surface area (Å²) in [6.45, 7) is 0. The van der Waals surface area contributed by atoms with Crippen molar-refractivity contribution in [3.8, 4) is 23.0 Å². The Morgan fingerprint density at radius 3 is 1.41 bits per heavy atom. The van der Waals surface area contributed by atoms with E-state index in [4.69, 9.17) is 18.9 Å². The number of ether oxygens (including phenoxy) is 4. The van der Waals surface area contributed by atoms with E-state index in [1.165, 1.54) is 26.6 Å². The number of methoxy groups -OCH3 is 4. The van der Waals surface area contributed by atoms with E-state index >= 15 is 0 Å². The van der Waals surface area contributed by atoms with Crippen LogP contribution in [0, 0.1) is 0 Å².